The second kappa shape index (κ2) is 6.39. The summed E-state index contributed by atoms with van der Waals surface area (Å²) < 4.78 is 10.3. The largest absolute Gasteiger partial charge is 0.480 e. The Kier molecular flexibility index (Phi) is 5.14. The summed E-state index contributed by atoms with van der Waals surface area (Å²) in [6, 6.07) is 0. The van der Waals surface area contributed by atoms with Crippen molar-refractivity contribution in [2.24, 2.45) is 0 Å². The zero-order valence-corrected chi connectivity index (χ0v) is 11.5. The maximum absolute atomic E-state index is 11.2. The third-order valence-corrected chi connectivity index (χ3v) is 2.65. The van der Waals surface area contributed by atoms with Gasteiger partial charge in [0.25, 0.3) is 0 Å². The van der Waals surface area contributed by atoms with Crippen LogP contribution in [0.1, 0.15) is 6.92 Å². The second-order valence-electron chi connectivity index (χ2n) is 3.12. The van der Waals surface area contributed by atoms with Crippen molar-refractivity contribution >= 4 is 27.8 Å². The van der Waals surface area contributed by atoms with E-state index in [0.29, 0.717) is 22.8 Å². The first-order valence-corrected chi connectivity index (χ1v) is 5.80. The SMILES string of the molecule is CCN(CC(=O)OC)c1ncc(Br)c(OC)n1. The molecule has 0 saturated carbocycles. The monoisotopic (exact) mass is 303 g/mol. The van der Waals surface area contributed by atoms with E-state index < -0.39 is 0 Å². The molecule has 0 aliphatic rings. The summed E-state index contributed by atoms with van der Waals surface area (Å²) >= 11 is 3.27. The van der Waals surface area contributed by atoms with Gasteiger partial charge < -0.3 is 14.4 Å². The molecule has 0 spiro atoms. The molecule has 0 N–H and O–H groups in total. The quantitative estimate of drug-likeness (QED) is 0.763. The molecule has 0 aliphatic heterocycles. The number of rotatable bonds is 5. The van der Waals surface area contributed by atoms with Crippen molar-refractivity contribution in [1.82, 2.24) is 9.97 Å². The molecule has 0 aliphatic carbocycles. The molecule has 0 aromatic carbocycles. The molecule has 1 aromatic heterocycles. The molecular formula is C10H14BrN3O3. The number of aromatic nitrogens is 2. The number of carbonyl (C=O) groups excluding carboxylic acids is 1. The molecule has 0 saturated heterocycles. The minimum absolute atomic E-state index is 0.109. The Morgan fingerprint density at radius 3 is 2.76 bits per heavy atom. The van der Waals surface area contributed by atoms with Crippen LogP contribution in [0.2, 0.25) is 0 Å². The number of esters is 1. The summed E-state index contributed by atoms with van der Waals surface area (Å²) in [5.41, 5.74) is 0. The first kappa shape index (κ1) is 13.7. The molecular weight excluding hydrogens is 290 g/mol. The van der Waals surface area contributed by atoms with E-state index in [9.17, 15) is 4.79 Å². The Hall–Kier alpha value is -1.37. The average molecular weight is 304 g/mol. The highest BCUT2D eigenvalue weighted by Crippen LogP contribution is 2.23. The van der Waals surface area contributed by atoms with E-state index in [1.807, 2.05) is 6.92 Å². The number of likely N-dealkylation sites (N-methyl/N-ethyl adjacent to an activating group) is 1. The van der Waals surface area contributed by atoms with Crippen molar-refractivity contribution in [3.8, 4) is 5.88 Å². The van der Waals surface area contributed by atoms with Crippen LogP contribution in [0.4, 0.5) is 5.95 Å². The fourth-order valence-corrected chi connectivity index (χ4v) is 1.54. The zero-order valence-electron chi connectivity index (χ0n) is 9.94. The number of nitrogens with zero attached hydrogens (tertiary/aromatic N) is 3. The number of carbonyl (C=O) groups is 1. The average Bonchev–Trinajstić information content (AvgIpc) is 2.36. The number of hydrogen-bond acceptors (Lipinski definition) is 6. The van der Waals surface area contributed by atoms with E-state index in [0.717, 1.165) is 0 Å². The van der Waals surface area contributed by atoms with Crippen molar-refractivity contribution in [1.29, 1.82) is 0 Å². The van der Waals surface area contributed by atoms with Crippen LogP contribution in [0.3, 0.4) is 0 Å². The third-order valence-electron chi connectivity index (χ3n) is 2.10. The molecule has 0 unspecified atom stereocenters. The highest BCUT2D eigenvalue weighted by molar-refractivity contribution is 9.10. The summed E-state index contributed by atoms with van der Waals surface area (Å²) in [7, 11) is 2.87. The van der Waals surface area contributed by atoms with Gasteiger partial charge >= 0.3 is 5.97 Å². The highest BCUT2D eigenvalue weighted by Gasteiger charge is 2.14. The summed E-state index contributed by atoms with van der Waals surface area (Å²) in [5.74, 6) is 0.522. The Morgan fingerprint density at radius 1 is 1.53 bits per heavy atom. The number of halogens is 1. The molecule has 7 heteroatoms. The summed E-state index contributed by atoms with van der Waals surface area (Å²) in [6.45, 7) is 2.61. The van der Waals surface area contributed by atoms with E-state index in [1.165, 1.54) is 14.2 Å². The molecule has 94 valence electrons. The van der Waals surface area contributed by atoms with Crippen molar-refractivity contribution in [2.75, 3.05) is 32.2 Å². The predicted molar refractivity (Wildman–Crippen MR) is 66.2 cm³/mol. The van der Waals surface area contributed by atoms with Gasteiger partial charge in [0.1, 0.15) is 6.54 Å². The smallest absolute Gasteiger partial charge is 0.325 e. The molecule has 6 nitrogen and oxygen atoms in total. The van der Waals surface area contributed by atoms with Gasteiger partial charge in [0.05, 0.1) is 24.9 Å². The van der Waals surface area contributed by atoms with Gasteiger partial charge in [0.2, 0.25) is 11.8 Å². The fraction of sp³-hybridized carbons (Fsp3) is 0.500. The fourth-order valence-electron chi connectivity index (χ4n) is 1.18. The van der Waals surface area contributed by atoms with Gasteiger partial charge in [-0.15, -0.1) is 0 Å². The normalized spacial score (nSPS) is 9.88. The van der Waals surface area contributed by atoms with Gasteiger partial charge in [-0.1, -0.05) is 0 Å². The maximum Gasteiger partial charge on any atom is 0.325 e. The molecule has 1 rings (SSSR count). The van der Waals surface area contributed by atoms with E-state index in [-0.39, 0.29) is 12.5 Å². The summed E-state index contributed by atoms with van der Waals surface area (Å²) in [6.07, 6.45) is 1.58. The van der Waals surface area contributed by atoms with Crippen LogP contribution >= 0.6 is 15.9 Å². The lowest BCUT2D eigenvalue weighted by molar-refractivity contribution is -0.138. The summed E-state index contributed by atoms with van der Waals surface area (Å²) in [5, 5.41) is 0. The Bertz CT molecular complexity index is 400. The number of methoxy groups -OCH3 is 2. The molecule has 17 heavy (non-hydrogen) atoms. The number of hydrogen-bond donors (Lipinski definition) is 0. The van der Waals surface area contributed by atoms with Crippen molar-refractivity contribution in [3.63, 3.8) is 0 Å². The molecule has 0 amide bonds. The zero-order chi connectivity index (χ0) is 12.8. The first-order chi connectivity index (χ1) is 8.12. The maximum atomic E-state index is 11.2. The van der Waals surface area contributed by atoms with Crippen LogP contribution < -0.4 is 9.64 Å². The highest BCUT2D eigenvalue weighted by atomic mass is 79.9. The molecule has 0 atom stereocenters. The first-order valence-electron chi connectivity index (χ1n) is 5.00. The van der Waals surface area contributed by atoms with Gasteiger partial charge in [-0.2, -0.15) is 4.98 Å². The minimum Gasteiger partial charge on any atom is -0.480 e. The van der Waals surface area contributed by atoms with Gasteiger partial charge in [-0.25, -0.2) is 4.98 Å². The van der Waals surface area contributed by atoms with Gasteiger partial charge in [-0.3, -0.25) is 4.79 Å². The van der Waals surface area contributed by atoms with Crippen LogP contribution in [-0.2, 0) is 9.53 Å². The Morgan fingerprint density at radius 2 is 2.24 bits per heavy atom. The Balaban J connectivity index is 2.91. The standard InChI is InChI=1S/C10H14BrN3O3/c1-4-14(6-8(15)16-2)10-12-5-7(11)9(13-10)17-3/h5H,4,6H2,1-3H3. The molecule has 1 heterocycles. The van der Waals surface area contributed by atoms with E-state index in [1.54, 1.807) is 11.1 Å². The van der Waals surface area contributed by atoms with Gasteiger partial charge in [0, 0.05) is 6.54 Å². The van der Waals surface area contributed by atoms with Crippen LogP contribution in [0.5, 0.6) is 5.88 Å². The number of ether oxygens (including phenoxy) is 2. The van der Waals surface area contributed by atoms with Gasteiger partial charge in [-0.05, 0) is 22.9 Å². The van der Waals surface area contributed by atoms with Crippen LogP contribution in [0.15, 0.2) is 10.7 Å². The van der Waals surface area contributed by atoms with Crippen LogP contribution in [0, 0.1) is 0 Å². The molecule has 0 radical (unpaired) electrons. The van der Waals surface area contributed by atoms with Gasteiger partial charge in [0.15, 0.2) is 0 Å². The third kappa shape index (κ3) is 3.55. The van der Waals surface area contributed by atoms with Crippen molar-refractivity contribution in [3.05, 3.63) is 10.7 Å². The second-order valence-corrected chi connectivity index (χ2v) is 3.97. The number of anilines is 1. The lowest BCUT2D eigenvalue weighted by atomic mass is 10.5. The van der Waals surface area contributed by atoms with E-state index in [4.69, 9.17) is 4.74 Å². The summed E-state index contributed by atoms with van der Waals surface area (Å²) in [4.78, 5) is 21.2. The molecule has 0 fully saturated rings. The van der Waals surface area contributed by atoms with Crippen LogP contribution in [0.25, 0.3) is 0 Å². The predicted octanol–water partition coefficient (Wildman–Crippen LogP) is 1.25. The van der Waals surface area contributed by atoms with Crippen LogP contribution in [-0.4, -0.2) is 43.2 Å². The molecule has 1 aromatic rings. The lowest BCUT2D eigenvalue weighted by Crippen LogP contribution is -2.31. The van der Waals surface area contributed by atoms with E-state index >= 15 is 0 Å². The lowest BCUT2D eigenvalue weighted by Gasteiger charge is -2.19. The van der Waals surface area contributed by atoms with Crippen molar-refractivity contribution < 1.29 is 14.3 Å². The minimum atomic E-state index is -0.336. The van der Waals surface area contributed by atoms with E-state index in [2.05, 4.69) is 30.6 Å². The Labute approximate surface area is 108 Å². The van der Waals surface area contributed by atoms with Crippen molar-refractivity contribution in [2.45, 2.75) is 6.92 Å². The molecule has 0 bridgehead atoms. The topological polar surface area (TPSA) is 64.6 Å².